The van der Waals surface area contributed by atoms with Crippen molar-refractivity contribution in [1.29, 1.82) is 0 Å². The molecule has 0 heterocycles. The Morgan fingerprint density at radius 3 is 2.84 bits per heavy atom. The van der Waals surface area contributed by atoms with E-state index in [0.29, 0.717) is 25.7 Å². The zero-order valence-electron chi connectivity index (χ0n) is 11.2. The highest BCUT2D eigenvalue weighted by molar-refractivity contribution is 9.10. The van der Waals surface area contributed by atoms with Crippen molar-refractivity contribution in [2.24, 2.45) is 10.9 Å². The minimum absolute atomic E-state index is 0.205. The normalized spacial score (nSPS) is 12.2. The van der Waals surface area contributed by atoms with Crippen LogP contribution in [-0.4, -0.2) is 41.7 Å². The summed E-state index contributed by atoms with van der Waals surface area (Å²) in [5.74, 6) is 1.03. The highest BCUT2D eigenvalue weighted by atomic mass is 79.9. The van der Waals surface area contributed by atoms with Crippen molar-refractivity contribution in [2.45, 2.75) is 19.9 Å². The predicted molar refractivity (Wildman–Crippen MR) is 79.8 cm³/mol. The van der Waals surface area contributed by atoms with E-state index in [0.717, 1.165) is 10.2 Å². The maximum atomic E-state index is 8.60. The van der Waals surface area contributed by atoms with Gasteiger partial charge in [-0.05, 0) is 32.0 Å². The number of rotatable bonds is 7. The first kappa shape index (κ1) is 15.8. The van der Waals surface area contributed by atoms with Crippen LogP contribution in [0.1, 0.15) is 13.8 Å². The summed E-state index contributed by atoms with van der Waals surface area (Å²) in [7, 11) is 0. The predicted octanol–water partition coefficient (Wildman–Crippen LogP) is 2.28. The molecule has 0 fully saturated rings. The molecule has 0 saturated heterocycles. The molecule has 0 unspecified atom stereocenters. The molecule has 0 bridgehead atoms. The number of benzene rings is 1. The second-order valence-corrected chi connectivity index (χ2v) is 5.38. The third-order valence-electron chi connectivity index (χ3n) is 2.67. The lowest BCUT2D eigenvalue weighted by atomic mass is 10.3. The molecule has 1 aromatic rings. The number of nitrogens with zero attached hydrogens (tertiary/aromatic N) is 2. The minimum atomic E-state index is 0.205. The second kappa shape index (κ2) is 8.01. The Morgan fingerprint density at radius 2 is 2.26 bits per heavy atom. The van der Waals surface area contributed by atoms with E-state index in [1.165, 1.54) is 0 Å². The lowest BCUT2D eigenvalue weighted by Gasteiger charge is -2.25. The zero-order chi connectivity index (χ0) is 14.3. The van der Waals surface area contributed by atoms with Gasteiger partial charge in [0.25, 0.3) is 0 Å². The van der Waals surface area contributed by atoms with Gasteiger partial charge in [-0.15, -0.1) is 0 Å². The third kappa shape index (κ3) is 5.94. The van der Waals surface area contributed by atoms with Crippen LogP contribution in [0.5, 0.6) is 5.75 Å². The average Bonchev–Trinajstić information content (AvgIpc) is 2.37. The van der Waals surface area contributed by atoms with Gasteiger partial charge in [-0.3, -0.25) is 4.90 Å². The van der Waals surface area contributed by atoms with E-state index in [-0.39, 0.29) is 5.84 Å². The standard InChI is InChI=1S/C13H20BrN3O2/c1-10(2)17(9-13(15)16-18)6-7-19-12-5-3-4-11(14)8-12/h3-5,8,10,18H,6-7,9H2,1-2H3,(H2,15,16). The maximum absolute atomic E-state index is 8.60. The van der Waals surface area contributed by atoms with Crippen molar-refractivity contribution >= 4 is 21.8 Å². The first-order valence-corrected chi connectivity index (χ1v) is 6.91. The van der Waals surface area contributed by atoms with E-state index in [4.69, 9.17) is 15.7 Å². The van der Waals surface area contributed by atoms with Crippen molar-refractivity contribution in [2.75, 3.05) is 19.7 Å². The molecular weight excluding hydrogens is 310 g/mol. The van der Waals surface area contributed by atoms with Gasteiger partial charge >= 0.3 is 0 Å². The van der Waals surface area contributed by atoms with Gasteiger partial charge in [0.05, 0.1) is 6.54 Å². The van der Waals surface area contributed by atoms with E-state index >= 15 is 0 Å². The molecule has 0 amide bonds. The van der Waals surface area contributed by atoms with Crippen LogP contribution >= 0.6 is 15.9 Å². The highest BCUT2D eigenvalue weighted by Crippen LogP contribution is 2.17. The van der Waals surface area contributed by atoms with Crippen LogP contribution in [-0.2, 0) is 0 Å². The van der Waals surface area contributed by atoms with Crippen LogP contribution in [0.4, 0.5) is 0 Å². The van der Waals surface area contributed by atoms with Crippen LogP contribution in [0.3, 0.4) is 0 Å². The minimum Gasteiger partial charge on any atom is -0.492 e. The average molecular weight is 330 g/mol. The van der Waals surface area contributed by atoms with E-state index in [1.807, 2.05) is 24.3 Å². The molecule has 1 rings (SSSR count). The Labute approximate surface area is 122 Å². The Bertz CT molecular complexity index is 424. The highest BCUT2D eigenvalue weighted by Gasteiger charge is 2.11. The zero-order valence-corrected chi connectivity index (χ0v) is 12.8. The fourth-order valence-electron chi connectivity index (χ4n) is 1.60. The molecule has 3 N–H and O–H groups in total. The smallest absolute Gasteiger partial charge is 0.153 e. The molecule has 19 heavy (non-hydrogen) atoms. The Kier molecular flexibility index (Phi) is 6.66. The summed E-state index contributed by atoms with van der Waals surface area (Å²) in [6, 6.07) is 8.00. The van der Waals surface area contributed by atoms with Crippen molar-refractivity contribution in [3.63, 3.8) is 0 Å². The van der Waals surface area contributed by atoms with E-state index in [9.17, 15) is 0 Å². The van der Waals surface area contributed by atoms with Gasteiger partial charge in [0.2, 0.25) is 0 Å². The summed E-state index contributed by atoms with van der Waals surface area (Å²) in [5, 5.41) is 11.6. The number of hydrogen-bond donors (Lipinski definition) is 2. The van der Waals surface area contributed by atoms with E-state index in [2.05, 4.69) is 39.8 Å². The van der Waals surface area contributed by atoms with Crippen LogP contribution in [0, 0.1) is 0 Å². The Morgan fingerprint density at radius 1 is 1.53 bits per heavy atom. The molecule has 106 valence electrons. The molecule has 0 aliphatic rings. The monoisotopic (exact) mass is 329 g/mol. The van der Waals surface area contributed by atoms with Gasteiger partial charge in [-0.25, -0.2) is 0 Å². The molecule has 5 nitrogen and oxygen atoms in total. The SMILES string of the molecule is CC(C)N(CCOc1cccc(Br)c1)CC(N)=NO. The summed E-state index contributed by atoms with van der Waals surface area (Å²) in [6.07, 6.45) is 0. The molecule has 1 aromatic carbocycles. The van der Waals surface area contributed by atoms with Crippen LogP contribution in [0.2, 0.25) is 0 Å². The molecule has 0 saturated carbocycles. The fraction of sp³-hybridized carbons (Fsp3) is 0.462. The molecule has 0 aliphatic heterocycles. The second-order valence-electron chi connectivity index (χ2n) is 4.46. The van der Waals surface area contributed by atoms with Crippen LogP contribution in [0.25, 0.3) is 0 Å². The molecule has 0 aromatic heterocycles. The molecule has 6 heteroatoms. The summed E-state index contributed by atoms with van der Waals surface area (Å²) >= 11 is 3.40. The van der Waals surface area contributed by atoms with Gasteiger partial charge < -0.3 is 15.7 Å². The number of ether oxygens (including phenoxy) is 1. The van der Waals surface area contributed by atoms with Gasteiger partial charge in [-0.2, -0.15) is 0 Å². The van der Waals surface area contributed by atoms with Gasteiger partial charge in [0, 0.05) is 17.1 Å². The van der Waals surface area contributed by atoms with Crippen LogP contribution < -0.4 is 10.5 Å². The number of nitrogens with two attached hydrogens (primary N) is 1. The molecule has 0 spiro atoms. The van der Waals surface area contributed by atoms with Crippen molar-refractivity contribution < 1.29 is 9.94 Å². The summed E-state index contributed by atoms with van der Waals surface area (Å²) < 4.78 is 6.66. The summed E-state index contributed by atoms with van der Waals surface area (Å²) in [4.78, 5) is 2.08. The first-order valence-electron chi connectivity index (χ1n) is 6.11. The molecule has 0 atom stereocenters. The number of hydrogen-bond acceptors (Lipinski definition) is 4. The summed E-state index contributed by atoms with van der Waals surface area (Å²) in [6.45, 7) is 5.80. The third-order valence-corrected chi connectivity index (χ3v) is 3.16. The quantitative estimate of drug-likeness (QED) is 0.348. The topological polar surface area (TPSA) is 71.1 Å². The molecule has 0 radical (unpaired) electrons. The van der Waals surface area contributed by atoms with Gasteiger partial charge in [0.15, 0.2) is 5.84 Å². The fourth-order valence-corrected chi connectivity index (χ4v) is 1.98. The lowest BCUT2D eigenvalue weighted by Crippen LogP contribution is -2.40. The van der Waals surface area contributed by atoms with Gasteiger partial charge in [0.1, 0.15) is 12.4 Å². The Balaban J connectivity index is 2.44. The van der Waals surface area contributed by atoms with Crippen molar-refractivity contribution in [3.8, 4) is 5.75 Å². The molecular formula is C13H20BrN3O2. The molecule has 0 aliphatic carbocycles. The number of oxime groups is 1. The van der Waals surface area contributed by atoms with Crippen molar-refractivity contribution in [1.82, 2.24) is 4.90 Å². The van der Waals surface area contributed by atoms with Gasteiger partial charge in [-0.1, -0.05) is 27.2 Å². The lowest BCUT2D eigenvalue weighted by molar-refractivity contribution is 0.193. The largest absolute Gasteiger partial charge is 0.492 e. The maximum Gasteiger partial charge on any atom is 0.153 e. The first-order chi connectivity index (χ1) is 9.02. The number of amidine groups is 1. The van der Waals surface area contributed by atoms with E-state index < -0.39 is 0 Å². The van der Waals surface area contributed by atoms with E-state index in [1.54, 1.807) is 0 Å². The number of halogens is 1. The van der Waals surface area contributed by atoms with Crippen LogP contribution in [0.15, 0.2) is 33.9 Å². The Hall–Kier alpha value is -1.27. The van der Waals surface area contributed by atoms with Crippen molar-refractivity contribution in [3.05, 3.63) is 28.7 Å². The summed E-state index contributed by atoms with van der Waals surface area (Å²) in [5.41, 5.74) is 5.53.